The topological polar surface area (TPSA) is 64.3 Å². The molecule has 0 fully saturated rings. The predicted octanol–water partition coefficient (Wildman–Crippen LogP) is 2.13. The van der Waals surface area contributed by atoms with Gasteiger partial charge in [0, 0.05) is 25.3 Å². The third kappa shape index (κ3) is 7.47. The number of aryl methyl sites for hydroxylation is 1. The summed E-state index contributed by atoms with van der Waals surface area (Å²) in [4.78, 5) is 11.6. The first kappa shape index (κ1) is 15.5. The molecule has 3 N–H and O–H groups in total. The molecule has 0 aliphatic carbocycles. The highest BCUT2D eigenvalue weighted by molar-refractivity contribution is 5.76. The maximum Gasteiger partial charge on any atom is 0.220 e. The molecule has 0 saturated heterocycles. The lowest BCUT2D eigenvalue weighted by Gasteiger charge is -2.08. The largest absolute Gasteiger partial charge is 0.399 e. The van der Waals surface area contributed by atoms with Crippen molar-refractivity contribution in [3.63, 3.8) is 0 Å². The highest BCUT2D eigenvalue weighted by atomic mass is 16.5. The highest BCUT2D eigenvalue weighted by Crippen LogP contribution is 2.07. The normalized spacial score (nSPS) is 10.7. The standard InChI is InChI=1S/C15H24N2O2/c1-12(2)19-11-3-10-17-15(18)9-6-13-4-7-14(16)8-5-13/h4-5,7-8,12H,3,6,9-11,16H2,1-2H3,(H,17,18). The van der Waals surface area contributed by atoms with Gasteiger partial charge in [0.1, 0.15) is 0 Å². The van der Waals surface area contributed by atoms with Crippen LogP contribution in [0, 0.1) is 0 Å². The Kier molecular flexibility index (Phi) is 6.97. The van der Waals surface area contributed by atoms with Gasteiger partial charge in [0.15, 0.2) is 0 Å². The first-order valence-electron chi connectivity index (χ1n) is 6.80. The quantitative estimate of drug-likeness (QED) is 0.558. The number of rotatable bonds is 8. The number of nitrogens with two attached hydrogens (primary N) is 1. The molecule has 0 atom stereocenters. The summed E-state index contributed by atoms with van der Waals surface area (Å²) < 4.78 is 5.40. The van der Waals surface area contributed by atoms with Gasteiger partial charge in [-0.15, -0.1) is 0 Å². The number of hydrogen-bond acceptors (Lipinski definition) is 3. The van der Waals surface area contributed by atoms with E-state index in [1.807, 2.05) is 38.1 Å². The summed E-state index contributed by atoms with van der Waals surface area (Å²) in [5.74, 6) is 0.0846. The SMILES string of the molecule is CC(C)OCCCNC(=O)CCc1ccc(N)cc1. The van der Waals surface area contributed by atoms with Crippen molar-refractivity contribution in [3.8, 4) is 0 Å². The molecule has 1 amide bonds. The van der Waals surface area contributed by atoms with Crippen molar-refractivity contribution in [3.05, 3.63) is 29.8 Å². The van der Waals surface area contributed by atoms with Gasteiger partial charge in [-0.05, 0) is 44.4 Å². The second kappa shape index (κ2) is 8.53. The van der Waals surface area contributed by atoms with E-state index in [0.29, 0.717) is 19.6 Å². The van der Waals surface area contributed by atoms with Crippen LogP contribution in [0.3, 0.4) is 0 Å². The van der Waals surface area contributed by atoms with E-state index in [9.17, 15) is 4.79 Å². The molecule has 0 aliphatic heterocycles. The number of nitrogen functional groups attached to an aromatic ring is 1. The minimum Gasteiger partial charge on any atom is -0.399 e. The maximum atomic E-state index is 11.6. The lowest BCUT2D eigenvalue weighted by molar-refractivity contribution is -0.121. The van der Waals surface area contributed by atoms with Crippen LogP contribution in [-0.4, -0.2) is 25.2 Å². The minimum absolute atomic E-state index is 0.0846. The van der Waals surface area contributed by atoms with Gasteiger partial charge in [-0.2, -0.15) is 0 Å². The molecule has 106 valence electrons. The fraction of sp³-hybridized carbons (Fsp3) is 0.533. The van der Waals surface area contributed by atoms with Crippen LogP contribution in [0.15, 0.2) is 24.3 Å². The zero-order valence-electron chi connectivity index (χ0n) is 11.8. The van der Waals surface area contributed by atoms with Crippen molar-refractivity contribution in [2.75, 3.05) is 18.9 Å². The van der Waals surface area contributed by atoms with Crippen molar-refractivity contribution in [1.82, 2.24) is 5.32 Å². The second-order valence-corrected chi connectivity index (χ2v) is 4.86. The molecule has 0 bridgehead atoms. The zero-order chi connectivity index (χ0) is 14.1. The molecular formula is C15H24N2O2. The summed E-state index contributed by atoms with van der Waals surface area (Å²) in [6.45, 7) is 5.37. The molecule has 1 aromatic rings. The summed E-state index contributed by atoms with van der Waals surface area (Å²) in [6.07, 6.45) is 2.36. The Hall–Kier alpha value is -1.55. The molecule has 0 saturated carbocycles. The van der Waals surface area contributed by atoms with Crippen LogP contribution in [0.5, 0.6) is 0 Å². The number of carbonyl (C=O) groups excluding carboxylic acids is 1. The monoisotopic (exact) mass is 264 g/mol. The minimum atomic E-state index is 0.0846. The lowest BCUT2D eigenvalue weighted by atomic mass is 10.1. The molecule has 1 aromatic carbocycles. The van der Waals surface area contributed by atoms with Crippen LogP contribution in [0.4, 0.5) is 5.69 Å². The maximum absolute atomic E-state index is 11.6. The summed E-state index contributed by atoms with van der Waals surface area (Å²) in [7, 11) is 0. The van der Waals surface area contributed by atoms with E-state index in [4.69, 9.17) is 10.5 Å². The molecule has 0 heterocycles. The molecule has 0 aliphatic rings. The van der Waals surface area contributed by atoms with E-state index in [0.717, 1.165) is 24.1 Å². The molecule has 0 aromatic heterocycles. The Labute approximate surface area is 115 Å². The smallest absolute Gasteiger partial charge is 0.220 e. The summed E-state index contributed by atoms with van der Waals surface area (Å²) in [6, 6.07) is 7.63. The van der Waals surface area contributed by atoms with Gasteiger partial charge in [-0.25, -0.2) is 0 Å². The molecule has 4 nitrogen and oxygen atoms in total. The Morgan fingerprint density at radius 1 is 1.32 bits per heavy atom. The molecule has 0 unspecified atom stereocenters. The second-order valence-electron chi connectivity index (χ2n) is 4.86. The van der Waals surface area contributed by atoms with Gasteiger partial charge >= 0.3 is 0 Å². The molecule has 19 heavy (non-hydrogen) atoms. The number of benzene rings is 1. The molecule has 0 radical (unpaired) electrons. The fourth-order valence-electron chi connectivity index (χ4n) is 1.65. The van der Waals surface area contributed by atoms with Crippen LogP contribution < -0.4 is 11.1 Å². The van der Waals surface area contributed by atoms with Crippen LogP contribution in [0.1, 0.15) is 32.3 Å². The van der Waals surface area contributed by atoms with E-state index in [1.165, 1.54) is 0 Å². The van der Waals surface area contributed by atoms with Gasteiger partial charge < -0.3 is 15.8 Å². The number of hydrogen-bond donors (Lipinski definition) is 2. The first-order chi connectivity index (χ1) is 9.08. The average molecular weight is 264 g/mol. The average Bonchev–Trinajstić information content (AvgIpc) is 2.37. The van der Waals surface area contributed by atoms with Crippen LogP contribution in [0.25, 0.3) is 0 Å². The van der Waals surface area contributed by atoms with Gasteiger partial charge in [-0.1, -0.05) is 12.1 Å². The molecule has 4 heteroatoms. The number of carbonyl (C=O) groups is 1. The van der Waals surface area contributed by atoms with Crippen molar-refractivity contribution in [2.45, 2.75) is 39.2 Å². The van der Waals surface area contributed by atoms with Gasteiger partial charge in [-0.3, -0.25) is 4.79 Å². The van der Waals surface area contributed by atoms with Crippen molar-refractivity contribution >= 4 is 11.6 Å². The lowest BCUT2D eigenvalue weighted by Crippen LogP contribution is -2.25. The van der Waals surface area contributed by atoms with Gasteiger partial charge in [0.25, 0.3) is 0 Å². The molecule has 1 rings (SSSR count). The highest BCUT2D eigenvalue weighted by Gasteiger charge is 2.02. The Balaban J connectivity index is 2.09. The van der Waals surface area contributed by atoms with Crippen molar-refractivity contribution in [2.24, 2.45) is 0 Å². The van der Waals surface area contributed by atoms with E-state index >= 15 is 0 Å². The van der Waals surface area contributed by atoms with Crippen LogP contribution in [-0.2, 0) is 16.0 Å². The number of ether oxygens (including phenoxy) is 1. The third-order valence-corrected chi connectivity index (χ3v) is 2.71. The van der Waals surface area contributed by atoms with Gasteiger partial charge in [0.2, 0.25) is 5.91 Å². The van der Waals surface area contributed by atoms with E-state index in [-0.39, 0.29) is 12.0 Å². The summed E-state index contributed by atoms with van der Waals surface area (Å²) in [5, 5.41) is 2.89. The van der Waals surface area contributed by atoms with Crippen LogP contribution >= 0.6 is 0 Å². The Morgan fingerprint density at radius 3 is 2.63 bits per heavy atom. The zero-order valence-corrected chi connectivity index (χ0v) is 11.8. The third-order valence-electron chi connectivity index (χ3n) is 2.71. The first-order valence-corrected chi connectivity index (χ1v) is 6.80. The summed E-state index contributed by atoms with van der Waals surface area (Å²) in [5.41, 5.74) is 7.49. The number of nitrogens with one attached hydrogen (secondary N) is 1. The summed E-state index contributed by atoms with van der Waals surface area (Å²) >= 11 is 0. The molecule has 0 spiro atoms. The van der Waals surface area contributed by atoms with Crippen molar-refractivity contribution < 1.29 is 9.53 Å². The van der Waals surface area contributed by atoms with E-state index < -0.39 is 0 Å². The Morgan fingerprint density at radius 2 is 2.00 bits per heavy atom. The van der Waals surface area contributed by atoms with E-state index in [1.54, 1.807) is 0 Å². The van der Waals surface area contributed by atoms with E-state index in [2.05, 4.69) is 5.32 Å². The van der Waals surface area contributed by atoms with Crippen molar-refractivity contribution in [1.29, 1.82) is 0 Å². The number of anilines is 1. The fourth-order valence-corrected chi connectivity index (χ4v) is 1.65. The Bertz CT molecular complexity index is 374. The molecular weight excluding hydrogens is 240 g/mol. The van der Waals surface area contributed by atoms with Crippen LogP contribution in [0.2, 0.25) is 0 Å². The number of amides is 1. The predicted molar refractivity (Wildman–Crippen MR) is 77.9 cm³/mol. The van der Waals surface area contributed by atoms with Gasteiger partial charge in [0.05, 0.1) is 6.10 Å².